The van der Waals surface area contributed by atoms with Gasteiger partial charge in [0.25, 0.3) is 11.8 Å². The van der Waals surface area contributed by atoms with Gasteiger partial charge in [-0.05, 0) is 31.3 Å². The molecule has 2 rings (SSSR count). The molecule has 1 aromatic carbocycles. The van der Waals surface area contributed by atoms with E-state index in [0.717, 1.165) is 0 Å². The van der Waals surface area contributed by atoms with Gasteiger partial charge in [0.1, 0.15) is 5.57 Å². The van der Waals surface area contributed by atoms with Gasteiger partial charge in [-0.3, -0.25) is 19.8 Å². The lowest BCUT2D eigenvalue weighted by molar-refractivity contribution is -0.128. The van der Waals surface area contributed by atoms with Gasteiger partial charge in [-0.2, -0.15) is 0 Å². The number of phenolic OH excluding ortho intramolecular Hbond substituents is 1. The van der Waals surface area contributed by atoms with Gasteiger partial charge in [0.05, 0.1) is 6.61 Å². The third-order valence-electron chi connectivity index (χ3n) is 3.13. The summed E-state index contributed by atoms with van der Waals surface area (Å²) in [6.07, 6.45) is 2.82. The Hall–Kier alpha value is -2.67. The fourth-order valence-electron chi connectivity index (χ4n) is 2.07. The number of amides is 2. The molecule has 0 spiro atoms. The number of para-hydroxylation sites is 1. The monoisotopic (exact) mass is 332 g/mol. The Bertz CT molecular complexity index is 712. The number of hydrogen-bond acceptors (Lipinski definition) is 5. The van der Waals surface area contributed by atoms with Crippen LogP contribution in [0, 0.1) is 0 Å². The summed E-state index contributed by atoms with van der Waals surface area (Å²) in [5, 5.41) is 12.7. The molecule has 0 aliphatic carbocycles. The minimum atomic E-state index is -0.610. The van der Waals surface area contributed by atoms with E-state index in [1.165, 1.54) is 17.1 Å². The van der Waals surface area contributed by atoms with Gasteiger partial charge in [-0.1, -0.05) is 18.2 Å². The highest BCUT2D eigenvalue weighted by atomic mass is 32.1. The number of aromatic hydroxyl groups is 1. The number of nitrogens with zero attached hydrogens (tertiary/aromatic N) is 1. The van der Waals surface area contributed by atoms with Crippen molar-refractivity contribution in [2.75, 3.05) is 13.2 Å². The maximum absolute atomic E-state index is 12.4. The molecule has 6 nitrogen and oxygen atoms in total. The van der Waals surface area contributed by atoms with Crippen LogP contribution in [0.15, 0.2) is 36.4 Å². The molecule has 7 heteroatoms. The summed E-state index contributed by atoms with van der Waals surface area (Å²) >= 11 is 4.97. The van der Waals surface area contributed by atoms with Crippen molar-refractivity contribution in [1.29, 1.82) is 0 Å². The maximum Gasteiger partial charge on any atom is 0.265 e. The molecule has 0 saturated carbocycles. The standard InChI is InChI=1S/C16H16N2O4S/c1-3-8-18-15(21)11(14(20)17-16(18)23)9-10-6-5-7-12(13(10)19)22-4-2/h3,5-7,9,19H,1,4,8H2,2H3,(H,17,20,23). The lowest BCUT2D eigenvalue weighted by Gasteiger charge is -2.27. The lowest BCUT2D eigenvalue weighted by Crippen LogP contribution is -2.53. The highest BCUT2D eigenvalue weighted by Crippen LogP contribution is 2.31. The number of ether oxygens (including phenoxy) is 1. The molecule has 1 heterocycles. The first-order valence-corrected chi connectivity index (χ1v) is 7.35. The van der Waals surface area contributed by atoms with Crippen molar-refractivity contribution < 1.29 is 19.4 Å². The topological polar surface area (TPSA) is 78.9 Å². The Morgan fingerprint density at radius 3 is 2.83 bits per heavy atom. The van der Waals surface area contributed by atoms with E-state index >= 15 is 0 Å². The molecular weight excluding hydrogens is 316 g/mol. The van der Waals surface area contributed by atoms with Crippen molar-refractivity contribution in [3.05, 3.63) is 42.0 Å². The molecule has 0 bridgehead atoms. The number of phenols is 1. The molecule has 0 atom stereocenters. The van der Waals surface area contributed by atoms with Crippen LogP contribution in [0.1, 0.15) is 12.5 Å². The van der Waals surface area contributed by atoms with Gasteiger partial charge in [-0.25, -0.2) is 0 Å². The second kappa shape index (κ2) is 7.06. The fraction of sp³-hybridized carbons (Fsp3) is 0.188. The minimum absolute atomic E-state index is 0.0318. The Labute approximate surface area is 139 Å². The van der Waals surface area contributed by atoms with E-state index in [9.17, 15) is 14.7 Å². The second-order valence-electron chi connectivity index (χ2n) is 4.65. The fourth-order valence-corrected chi connectivity index (χ4v) is 2.32. The van der Waals surface area contributed by atoms with Gasteiger partial charge in [-0.15, -0.1) is 6.58 Å². The molecule has 2 amide bonds. The van der Waals surface area contributed by atoms with E-state index in [0.29, 0.717) is 12.2 Å². The van der Waals surface area contributed by atoms with Crippen LogP contribution in [-0.2, 0) is 9.59 Å². The van der Waals surface area contributed by atoms with Crippen molar-refractivity contribution >= 4 is 35.2 Å². The van der Waals surface area contributed by atoms with E-state index in [-0.39, 0.29) is 28.7 Å². The molecule has 1 aromatic rings. The Morgan fingerprint density at radius 2 is 2.17 bits per heavy atom. The Kier molecular flexibility index (Phi) is 5.13. The molecule has 0 unspecified atom stereocenters. The molecular formula is C16H16N2O4S. The molecule has 1 aliphatic heterocycles. The number of hydrogen-bond donors (Lipinski definition) is 2. The van der Waals surface area contributed by atoms with Crippen LogP contribution < -0.4 is 10.1 Å². The van der Waals surface area contributed by atoms with E-state index in [1.54, 1.807) is 25.1 Å². The van der Waals surface area contributed by atoms with Crippen molar-refractivity contribution in [1.82, 2.24) is 10.2 Å². The number of nitrogens with one attached hydrogen (secondary N) is 1. The summed E-state index contributed by atoms with van der Waals surface area (Å²) in [4.78, 5) is 25.7. The van der Waals surface area contributed by atoms with Crippen LogP contribution in [0.25, 0.3) is 6.08 Å². The van der Waals surface area contributed by atoms with Crippen LogP contribution in [0.5, 0.6) is 11.5 Å². The number of rotatable bonds is 5. The number of benzene rings is 1. The Morgan fingerprint density at radius 1 is 1.43 bits per heavy atom. The molecule has 1 saturated heterocycles. The SMILES string of the molecule is C=CCN1C(=O)C(=Cc2cccc(OCC)c2O)C(=O)NC1=S. The van der Waals surface area contributed by atoms with Crippen molar-refractivity contribution in [2.45, 2.75) is 6.92 Å². The molecule has 1 aliphatic rings. The number of thiocarbonyl (C=S) groups is 1. The first-order chi connectivity index (χ1) is 11.0. The summed E-state index contributed by atoms with van der Waals surface area (Å²) in [6.45, 7) is 5.91. The zero-order chi connectivity index (χ0) is 17.0. The van der Waals surface area contributed by atoms with Gasteiger partial charge < -0.3 is 9.84 Å². The quantitative estimate of drug-likeness (QED) is 0.371. The zero-order valence-electron chi connectivity index (χ0n) is 12.5. The van der Waals surface area contributed by atoms with E-state index in [4.69, 9.17) is 17.0 Å². The van der Waals surface area contributed by atoms with Crippen molar-refractivity contribution in [2.24, 2.45) is 0 Å². The third-order valence-corrected chi connectivity index (χ3v) is 3.45. The third kappa shape index (κ3) is 3.40. The average Bonchev–Trinajstić information content (AvgIpc) is 2.51. The normalized spacial score (nSPS) is 16.5. The number of carbonyl (C=O) groups is 2. The molecule has 0 aromatic heterocycles. The van der Waals surface area contributed by atoms with E-state index in [2.05, 4.69) is 11.9 Å². The van der Waals surface area contributed by atoms with Gasteiger partial charge >= 0.3 is 0 Å². The van der Waals surface area contributed by atoms with Crippen LogP contribution >= 0.6 is 12.2 Å². The van der Waals surface area contributed by atoms with Crippen LogP contribution in [0.3, 0.4) is 0 Å². The first-order valence-electron chi connectivity index (χ1n) is 6.94. The highest BCUT2D eigenvalue weighted by Gasteiger charge is 2.32. The van der Waals surface area contributed by atoms with Gasteiger partial charge in [0.15, 0.2) is 16.6 Å². The largest absolute Gasteiger partial charge is 0.504 e. The second-order valence-corrected chi connectivity index (χ2v) is 5.04. The van der Waals surface area contributed by atoms with Crippen LogP contribution in [0.2, 0.25) is 0 Å². The lowest BCUT2D eigenvalue weighted by atomic mass is 10.1. The predicted octanol–water partition coefficient (Wildman–Crippen LogP) is 1.60. The van der Waals surface area contributed by atoms with Crippen LogP contribution in [0.4, 0.5) is 0 Å². The van der Waals surface area contributed by atoms with Crippen molar-refractivity contribution in [3.8, 4) is 11.5 Å². The smallest absolute Gasteiger partial charge is 0.265 e. The van der Waals surface area contributed by atoms with Crippen LogP contribution in [-0.4, -0.2) is 40.1 Å². The zero-order valence-corrected chi connectivity index (χ0v) is 13.4. The summed E-state index contributed by atoms with van der Waals surface area (Å²) in [7, 11) is 0. The van der Waals surface area contributed by atoms with E-state index in [1.807, 2.05) is 0 Å². The summed E-state index contributed by atoms with van der Waals surface area (Å²) in [5.41, 5.74) is 0.185. The summed E-state index contributed by atoms with van der Waals surface area (Å²) < 4.78 is 5.29. The maximum atomic E-state index is 12.4. The highest BCUT2D eigenvalue weighted by molar-refractivity contribution is 7.80. The predicted molar refractivity (Wildman–Crippen MR) is 89.9 cm³/mol. The molecule has 1 fully saturated rings. The Balaban J connectivity index is 2.43. The molecule has 2 N–H and O–H groups in total. The average molecular weight is 332 g/mol. The van der Waals surface area contributed by atoms with E-state index < -0.39 is 11.8 Å². The van der Waals surface area contributed by atoms with Gasteiger partial charge in [0.2, 0.25) is 0 Å². The molecule has 120 valence electrons. The van der Waals surface area contributed by atoms with Gasteiger partial charge in [0, 0.05) is 12.1 Å². The number of carbonyl (C=O) groups excluding carboxylic acids is 2. The summed E-state index contributed by atoms with van der Waals surface area (Å²) in [5.74, 6) is -1.00. The molecule has 23 heavy (non-hydrogen) atoms. The molecule has 0 radical (unpaired) electrons. The first kappa shape index (κ1) is 16.7. The minimum Gasteiger partial charge on any atom is -0.504 e. The summed E-state index contributed by atoms with van der Waals surface area (Å²) in [6, 6.07) is 4.84. The van der Waals surface area contributed by atoms with Crippen molar-refractivity contribution in [3.63, 3.8) is 0 Å².